The van der Waals surface area contributed by atoms with Crippen LogP contribution < -0.4 is 14.8 Å². The van der Waals surface area contributed by atoms with Gasteiger partial charge in [-0.2, -0.15) is 10.2 Å². The van der Waals surface area contributed by atoms with Crippen molar-refractivity contribution in [3.63, 3.8) is 0 Å². The summed E-state index contributed by atoms with van der Waals surface area (Å²) < 4.78 is 5.66. The van der Waals surface area contributed by atoms with Crippen LogP contribution in [0.3, 0.4) is 0 Å². The molecule has 5 rings (SSSR count). The predicted octanol–water partition coefficient (Wildman–Crippen LogP) is 5.57. The number of aromatic hydroxyl groups is 1. The first-order valence-electron chi connectivity index (χ1n) is 13.1. The van der Waals surface area contributed by atoms with Crippen LogP contribution in [0.5, 0.6) is 11.5 Å². The minimum atomic E-state index is -0.720. The highest BCUT2D eigenvalue weighted by molar-refractivity contribution is 6.19. The molecule has 0 radical (unpaired) electrons. The molecule has 0 bridgehead atoms. The number of anilines is 2. The average molecular weight is 525 g/mol. The number of amides is 2. The monoisotopic (exact) mass is 524 g/mol. The molecule has 0 aliphatic carbocycles. The summed E-state index contributed by atoms with van der Waals surface area (Å²) in [6.07, 6.45) is 0. The Labute approximate surface area is 228 Å². The molecule has 3 aromatic rings. The molecule has 0 fully saturated rings. The zero-order valence-electron chi connectivity index (χ0n) is 22.8. The summed E-state index contributed by atoms with van der Waals surface area (Å²) >= 11 is 0. The lowest BCUT2D eigenvalue weighted by Gasteiger charge is -2.29. The minimum Gasteiger partial charge on any atom is -0.504 e. The van der Waals surface area contributed by atoms with Gasteiger partial charge in [0.15, 0.2) is 11.5 Å². The molecule has 2 aliphatic rings. The number of phenols is 1. The van der Waals surface area contributed by atoms with Gasteiger partial charge in [-0.25, -0.2) is 10.0 Å². The molecular weight excluding hydrogens is 492 g/mol. The van der Waals surface area contributed by atoms with Crippen molar-refractivity contribution in [3.05, 3.63) is 83.4 Å². The van der Waals surface area contributed by atoms with E-state index in [-0.39, 0.29) is 17.6 Å². The number of phenolic OH excluding ortho intramolecular Hbond substituents is 1. The van der Waals surface area contributed by atoms with E-state index in [4.69, 9.17) is 4.74 Å². The van der Waals surface area contributed by atoms with E-state index >= 15 is 0 Å². The Bertz CT molecular complexity index is 1390. The minimum absolute atomic E-state index is 0.00631. The fraction of sp³-hybridized carbons (Fsp3) is 0.290. The summed E-state index contributed by atoms with van der Waals surface area (Å²) in [7, 11) is 0. The van der Waals surface area contributed by atoms with Crippen LogP contribution in [-0.4, -0.2) is 35.0 Å². The third-order valence-corrected chi connectivity index (χ3v) is 7.31. The molecule has 2 atom stereocenters. The van der Waals surface area contributed by atoms with E-state index in [1.54, 1.807) is 18.2 Å². The first-order valence-corrected chi connectivity index (χ1v) is 13.1. The van der Waals surface area contributed by atoms with Gasteiger partial charge in [0, 0.05) is 17.3 Å². The van der Waals surface area contributed by atoms with Gasteiger partial charge in [0.25, 0.3) is 11.8 Å². The van der Waals surface area contributed by atoms with Gasteiger partial charge in [0.1, 0.15) is 0 Å². The van der Waals surface area contributed by atoms with Crippen LogP contribution in [0.2, 0.25) is 0 Å². The maximum absolute atomic E-state index is 14.0. The lowest BCUT2D eigenvalue weighted by atomic mass is 9.73. The molecule has 8 nitrogen and oxygen atoms in total. The molecule has 8 heteroatoms. The highest BCUT2D eigenvalue weighted by atomic mass is 16.5. The second kappa shape index (κ2) is 10.4. The molecule has 0 spiro atoms. The van der Waals surface area contributed by atoms with E-state index in [9.17, 15) is 14.7 Å². The first kappa shape index (κ1) is 26.2. The maximum Gasteiger partial charge on any atom is 0.256 e. The van der Waals surface area contributed by atoms with Crippen LogP contribution in [0.4, 0.5) is 11.4 Å². The van der Waals surface area contributed by atoms with E-state index in [1.807, 2.05) is 83.1 Å². The Kier molecular flexibility index (Phi) is 6.95. The Morgan fingerprint density at radius 3 is 1.67 bits per heavy atom. The number of benzene rings is 3. The SMILES string of the molecule is CCOc1cc(C(C2C(=O)N(c3ccc(C)cc3)N=C2C)C2C(=O)N(c3ccc(C)cc3)N=C2C)ccc1O. The molecule has 0 saturated carbocycles. The number of hydrazone groups is 2. The zero-order chi connectivity index (χ0) is 27.8. The Hall–Kier alpha value is -4.46. The smallest absolute Gasteiger partial charge is 0.256 e. The van der Waals surface area contributed by atoms with Crippen molar-refractivity contribution >= 4 is 34.6 Å². The number of nitrogens with zero attached hydrogens (tertiary/aromatic N) is 4. The van der Waals surface area contributed by atoms with Crippen LogP contribution in [0.25, 0.3) is 0 Å². The van der Waals surface area contributed by atoms with Crippen LogP contribution in [-0.2, 0) is 9.59 Å². The summed E-state index contributed by atoms with van der Waals surface area (Å²) in [6, 6.07) is 20.2. The van der Waals surface area contributed by atoms with Crippen molar-refractivity contribution in [2.45, 2.75) is 40.5 Å². The first-order chi connectivity index (χ1) is 18.7. The molecule has 2 amide bonds. The standard InChI is InChI=1S/C31H32N4O4/c1-6-39-26-17-22(11-16-25(26)36)29(27-20(4)32-34(30(27)37)23-12-7-18(2)8-13-23)28-21(5)33-35(31(28)38)24-14-9-19(3)10-15-24/h7-17,27-29,36H,6H2,1-5H3. The molecule has 3 aromatic carbocycles. The summed E-state index contributed by atoms with van der Waals surface area (Å²) in [5.41, 5.74) is 5.37. The number of ether oxygens (including phenoxy) is 1. The molecule has 200 valence electrons. The lowest BCUT2D eigenvalue weighted by molar-refractivity contribution is -0.122. The van der Waals surface area contributed by atoms with Gasteiger partial charge < -0.3 is 9.84 Å². The van der Waals surface area contributed by atoms with Crippen molar-refractivity contribution in [2.75, 3.05) is 16.6 Å². The van der Waals surface area contributed by atoms with Gasteiger partial charge in [-0.1, -0.05) is 41.5 Å². The Morgan fingerprint density at radius 2 is 1.23 bits per heavy atom. The van der Waals surface area contributed by atoms with Gasteiger partial charge in [0.05, 0.1) is 29.8 Å². The summed E-state index contributed by atoms with van der Waals surface area (Å²) in [4.78, 5) is 28.0. The van der Waals surface area contributed by atoms with E-state index in [0.717, 1.165) is 11.1 Å². The second-order valence-electron chi connectivity index (χ2n) is 10.1. The molecule has 2 heterocycles. The largest absolute Gasteiger partial charge is 0.504 e. The summed E-state index contributed by atoms with van der Waals surface area (Å²) in [5, 5.41) is 22.5. The maximum atomic E-state index is 14.0. The number of hydrogen-bond donors (Lipinski definition) is 1. The Balaban J connectivity index is 1.59. The van der Waals surface area contributed by atoms with Crippen molar-refractivity contribution in [3.8, 4) is 11.5 Å². The topological polar surface area (TPSA) is 94.8 Å². The van der Waals surface area contributed by atoms with Gasteiger partial charge >= 0.3 is 0 Å². The quantitative estimate of drug-likeness (QED) is 0.437. The van der Waals surface area contributed by atoms with Gasteiger partial charge in [-0.3, -0.25) is 9.59 Å². The second-order valence-corrected chi connectivity index (χ2v) is 10.1. The highest BCUT2D eigenvalue weighted by Crippen LogP contribution is 2.44. The number of rotatable bonds is 7. The number of hydrogen-bond acceptors (Lipinski definition) is 6. The fourth-order valence-corrected chi connectivity index (χ4v) is 5.31. The van der Waals surface area contributed by atoms with Crippen LogP contribution in [0.15, 0.2) is 76.9 Å². The molecule has 2 unspecified atom stereocenters. The van der Waals surface area contributed by atoms with E-state index in [2.05, 4.69) is 10.2 Å². The molecule has 1 N–H and O–H groups in total. The summed E-state index contributed by atoms with van der Waals surface area (Å²) in [5.74, 6) is -2.21. The number of carbonyl (C=O) groups is 2. The van der Waals surface area contributed by atoms with Crippen molar-refractivity contribution < 1.29 is 19.4 Å². The number of aryl methyl sites for hydroxylation is 2. The van der Waals surface area contributed by atoms with Crippen molar-refractivity contribution in [1.29, 1.82) is 0 Å². The lowest BCUT2D eigenvalue weighted by Crippen LogP contribution is -2.40. The third-order valence-electron chi connectivity index (χ3n) is 7.31. The Morgan fingerprint density at radius 1 is 0.769 bits per heavy atom. The van der Waals surface area contributed by atoms with E-state index < -0.39 is 17.8 Å². The molecule has 2 aliphatic heterocycles. The van der Waals surface area contributed by atoms with Crippen molar-refractivity contribution in [2.24, 2.45) is 22.0 Å². The fourth-order valence-electron chi connectivity index (χ4n) is 5.31. The van der Waals surface area contributed by atoms with Crippen LogP contribution >= 0.6 is 0 Å². The predicted molar refractivity (Wildman–Crippen MR) is 153 cm³/mol. The van der Waals surface area contributed by atoms with Crippen LogP contribution in [0.1, 0.15) is 43.4 Å². The normalized spacial score (nSPS) is 19.8. The molecule has 0 aromatic heterocycles. The average Bonchev–Trinajstić information content (AvgIpc) is 3.37. The van der Waals surface area contributed by atoms with Crippen molar-refractivity contribution in [1.82, 2.24) is 0 Å². The van der Waals surface area contributed by atoms with E-state index in [0.29, 0.717) is 40.7 Å². The highest BCUT2D eigenvalue weighted by Gasteiger charge is 2.50. The van der Waals surface area contributed by atoms with Gasteiger partial charge in [0.2, 0.25) is 0 Å². The molecule has 39 heavy (non-hydrogen) atoms. The summed E-state index contributed by atoms with van der Waals surface area (Å²) in [6.45, 7) is 9.79. The zero-order valence-corrected chi connectivity index (χ0v) is 22.8. The van der Waals surface area contributed by atoms with E-state index in [1.165, 1.54) is 10.0 Å². The van der Waals surface area contributed by atoms with Gasteiger partial charge in [-0.15, -0.1) is 0 Å². The molecule has 0 saturated heterocycles. The van der Waals surface area contributed by atoms with Crippen LogP contribution in [0, 0.1) is 25.7 Å². The number of carbonyl (C=O) groups excluding carboxylic acids is 2. The van der Waals surface area contributed by atoms with Gasteiger partial charge in [-0.05, 0) is 76.6 Å². The third kappa shape index (κ3) is 4.78. The molecular formula is C31H32N4O4.